The Kier molecular flexibility index (Phi) is 4.32. The first-order valence-corrected chi connectivity index (χ1v) is 9.95. The number of rotatable bonds is 3. The zero-order valence-corrected chi connectivity index (χ0v) is 15.8. The van der Waals surface area contributed by atoms with Gasteiger partial charge in [0.2, 0.25) is 5.91 Å². The summed E-state index contributed by atoms with van der Waals surface area (Å²) in [4.78, 5) is 15.5. The van der Waals surface area contributed by atoms with Gasteiger partial charge in [-0.3, -0.25) is 4.79 Å². The van der Waals surface area contributed by atoms with Crippen LogP contribution in [-0.4, -0.2) is 29.9 Å². The largest absolute Gasteiger partial charge is 0.457 e. The standard InChI is InChI=1S/C23H24N2O3/c26-22-23(10-12-24-13-11-23)14-18(25(22)15-17-6-2-1-3-7-17)21-16-27-19-8-4-5-9-20(19)28-21/h1-9,16,18,24H,10-15H2. The lowest BCUT2D eigenvalue weighted by Crippen LogP contribution is -2.43. The smallest absolute Gasteiger partial charge is 0.229 e. The minimum atomic E-state index is -0.300. The van der Waals surface area contributed by atoms with E-state index in [2.05, 4.69) is 17.4 Å². The van der Waals surface area contributed by atoms with E-state index in [4.69, 9.17) is 9.47 Å². The van der Waals surface area contributed by atoms with Gasteiger partial charge in [-0.2, -0.15) is 0 Å². The fraction of sp³-hybridized carbons (Fsp3) is 0.348. The van der Waals surface area contributed by atoms with Crippen molar-refractivity contribution >= 4 is 5.91 Å². The van der Waals surface area contributed by atoms with Gasteiger partial charge in [-0.15, -0.1) is 0 Å². The van der Waals surface area contributed by atoms with Crippen LogP contribution in [0.4, 0.5) is 0 Å². The number of likely N-dealkylation sites (tertiary alicyclic amines) is 1. The Bertz CT molecular complexity index is 903. The number of para-hydroxylation sites is 2. The molecule has 0 aliphatic carbocycles. The highest BCUT2D eigenvalue weighted by molar-refractivity contribution is 5.86. The SMILES string of the molecule is O=C1N(Cc2ccccc2)C(C2=COc3ccccc3O2)CC12CCNCC2. The van der Waals surface area contributed by atoms with E-state index in [0.29, 0.717) is 18.0 Å². The third-order valence-corrected chi connectivity index (χ3v) is 6.14. The number of ether oxygens (including phenoxy) is 2. The number of nitrogens with zero attached hydrogens (tertiary/aromatic N) is 1. The Balaban J connectivity index is 1.47. The number of carbonyl (C=O) groups excluding carboxylic acids is 1. The Morgan fingerprint density at radius 3 is 2.50 bits per heavy atom. The van der Waals surface area contributed by atoms with Crippen molar-refractivity contribution in [2.24, 2.45) is 5.41 Å². The van der Waals surface area contributed by atoms with Crippen molar-refractivity contribution in [3.8, 4) is 11.5 Å². The Morgan fingerprint density at radius 1 is 1.00 bits per heavy atom. The summed E-state index contributed by atoms with van der Waals surface area (Å²) in [5, 5.41) is 3.39. The molecule has 0 aromatic heterocycles. The van der Waals surface area contributed by atoms with Crippen LogP contribution in [0.3, 0.4) is 0 Å². The Morgan fingerprint density at radius 2 is 1.71 bits per heavy atom. The number of hydrogen-bond acceptors (Lipinski definition) is 4. The average Bonchev–Trinajstić information content (AvgIpc) is 3.01. The molecule has 28 heavy (non-hydrogen) atoms. The number of carbonyl (C=O) groups is 1. The maximum absolute atomic E-state index is 13.6. The van der Waals surface area contributed by atoms with Crippen LogP contribution in [0.15, 0.2) is 66.6 Å². The molecule has 2 saturated heterocycles. The van der Waals surface area contributed by atoms with E-state index in [1.165, 1.54) is 0 Å². The topological polar surface area (TPSA) is 50.8 Å². The second kappa shape index (κ2) is 6.99. The highest BCUT2D eigenvalue weighted by atomic mass is 16.6. The third-order valence-electron chi connectivity index (χ3n) is 6.14. The summed E-state index contributed by atoms with van der Waals surface area (Å²) in [5.41, 5.74) is 0.829. The van der Waals surface area contributed by atoms with Gasteiger partial charge in [0.05, 0.1) is 11.5 Å². The zero-order chi connectivity index (χ0) is 19.0. The molecule has 1 N–H and O–H groups in total. The molecule has 5 rings (SSSR count). The molecule has 5 heteroatoms. The predicted octanol–water partition coefficient (Wildman–Crippen LogP) is 3.47. The van der Waals surface area contributed by atoms with Crippen LogP contribution in [-0.2, 0) is 11.3 Å². The molecule has 0 bridgehead atoms. The fourth-order valence-corrected chi connectivity index (χ4v) is 4.60. The van der Waals surface area contributed by atoms with Crippen LogP contribution in [0.1, 0.15) is 24.8 Å². The maximum atomic E-state index is 13.6. The molecular weight excluding hydrogens is 352 g/mol. The van der Waals surface area contributed by atoms with E-state index in [1.54, 1.807) is 6.26 Å². The first-order chi connectivity index (χ1) is 13.8. The summed E-state index contributed by atoms with van der Waals surface area (Å²) in [5.74, 6) is 2.38. The minimum Gasteiger partial charge on any atom is -0.457 e. The lowest BCUT2D eigenvalue weighted by atomic mass is 9.76. The van der Waals surface area contributed by atoms with Crippen LogP contribution in [0.2, 0.25) is 0 Å². The lowest BCUT2D eigenvalue weighted by molar-refractivity contribution is -0.138. The van der Waals surface area contributed by atoms with Gasteiger partial charge in [0.1, 0.15) is 6.26 Å². The van der Waals surface area contributed by atoms with Crippen molar-refractivity contribution in [1.82, 2.24) is 10.2 Å². The third kappa shape index (κ3) is 2.96. The second-order valence-electron chi connectivity index (χ2n) is 7.86. The zero-order valence-electron chi connectivity index (χ0n) is 15.8. The highest BCUT2D eigenvalue weighted by Crippen LogP contribution is 2.47. The van der Waals surface area contributed by atoms with Crippen LogP contribution in [0.25, 0.3) is 0 Å². The van der Waals surface area contributed by atoms with Gasteiger partial charge in [-0.25, -0.2) is 0 Å². The number of nitrogens with one attached hydrogen (secondary N) is 1. The average molecular weight is 376 g/mol. The van der Waals surface area contributed by atoms with Gasteiger partial charge < -0.3 is 19.7 Å². The van der Waals surface area contributed by atoms with Gasteiger partial charge in [0.25, 0.3) is 0 Å². The van der Waals surface area contributed by atoms with Gasteiger partial charge >= 0.3 is 0 Å². The number of benzene rings is 2. The number of hydrogen-bond donors (Lipinski definition) is 1. The number of fused-ring (bicyclic) bond motifs is 1. The fourth-order valence-electron chi connectivity index (χ4n) is 4.60. The van der Waals surface area contributed by atoms with Gasteiger partial charge in [-0.1, -0.05) is 42.5 Å². The molecule has 1 spiro atoms. The van der Waals surface area contributed by atoms with Crippen molar-refractivity contribution in [2.75, 3.05) is 13.1 Å². The van der Waals surface area contributed by atoms with Gasteiger partial charge in [-0.05, 0) is 50.0 Å². The van der Waals surface area contributed by atoms with Crippen LogP contribution >= 0.6 is 0 Å². The molecule has 2 aromatic rings. The van der Waals surface area contributed by atoms with Crippen molar-refractivity contribution < 1.29 is 14.3 Å². The van der Waals surface area contributed by atoms with Crippen molar-refractivity contribution in [1.29, 1.82) is 0 Å². The molecule has 3 heterocycles. The first kappa shape index (κ1) is 17.3. The normalized spacial score (nSPS) is 23.0. The first-order valence-electron chi connectivity index (χ1n) is 9.95. The number of amides is 1. The predicted molar refractivity (Wildman–Crippen MR) is 106 cm³/mol. The summed E-state index contributed by atoms with van der Waals surface area (Å²) in [6, 6.07) is 17.7. The van der Waals surface area contributed by atoms with E-state index in [9.17, 15) is 4.79 Å². The molecule has 3 aliphatic heterocycles. The second-order valence-corrected chi connectivity index (χ2v) is 7.86. The van der Waals surface area contributed by atoms with Crippen molar-refractivity contribution in [3.63, 3.8) is 0 Å². The Labute approximate surface area is 164 Å². The van der Waals surface area contributed by atoms with Crippen molar-refractivity contribution in [3.05, 3.63) is 72.2 Å². The van der Waals surface area contributed by atoms with E-state index >= 15 is 0 Å². The summed E-state index contributed by atoms with van der Waals surface area (Å²) in [7, 11) is 0. The lowest BCUT2D eigenvalue weighted by Gasteiger charge is -2.32. The van der Waals surface area contributed by atoms with E-state index < -0.39 is 0 Å². The highest BCUT2D eigenvalue weighted by Gasteiger charge is 2.53. The summed E-state index contributed by atoms with van der Waals surface area (Å²) >= 11 is 0. The van der Waals surface area contributed by atoms with Crippen LogP contribution in [0, 0.1) is 5.41 Å². The molecule has 2 fully saturated rings. The van der Waals surface area contributed by atoms with Gasteiger partial charge in [0.15, 0.2) is 17.3 Å². The minimum absolute atomic E-state index is 0.112. The Hall–Kier alpha value is -2.79. The molecule has 0 saturated carbocycles. The van der Waals surface area contributed by atoms with E-state index in [0.717, 1.165) is 43.7 Å². The molecule has 5 nitrogen and oxygen atoms in total. The monoisotopic (exact) mass is 376 g/mol. The summed E-state index contributed by atoms with van der Waals surface area (Å²) in [6.07, 6.45) is 4.20. The number of piperidine rings is 1. The molecule has 1 unspecified atom stereocenters. The summed E-state index contributed by atoms with van der Waals surface area (Å²) in [6.45, 7) is 2.36. The molecular formula is C23H24N2O3. The summed E-state index contributed by atoms with van der Waals surface area (Å²) < 4.78 is 12.0. The van der Waals surface area contributed by atoms with Gasteiger partial charge in [0, 0.05) is 6.54 Å². The molecule has 144 valence electrons. The molecule has 1 amide bonds. The van der Waals surface area contributed by atoms with Crippen LogP contribution in [0.5, 0.6) is 11.5 Å². The van der Waals surface area contributed by atoms with Crippen molar-refractivity contribution in [2.45, 2.75) is 31.8 Å². The molecule has 0 radical (unpaired) electrons. The molecule has 1 atom stereocenters. The van der Waals surface area contributed by atoms with E-state index in [-0.39, 0.29) is 17.4 Å². The molecule has 3 aliphatic rings. The van der Waals surface area contributed by atoms with Crippen LogP contribution < -0.4 is 14.8 Å². The molecule has 2 aromatic carbocycles. The van der Waals surface area contributed by atoms with E-state index in [1.807, 2.05) is 47.4 Å². The maximum Gasteiger partial charge on any atom is 0.229 e. The quantitative estimate of drug-likeness (QED) is 0.891.